The molecule has 0 saturated heterocycles. The highest BCUT2D eigenvalue weighted by molar-refractivity contribution is 7.17. The van der Waals surface area contributed by atoms with Gasteiger partial charge in [0.15, 0.2) is 0 Å². The second kappa shape index (κ2) is 7.80. The van der Waals surface area contributed by atoms with Crippen molar-refractivity contribution in [2.75, 3.05) is 5.32 Å². The molecule has 0 spiro atoms. The van der Waals surface area contributed by atoms with E-state index < -0.39 is 0 Å². The molecule has 6 nitrogen and oxygen atoms in total. The number of nitrogens with zero attached hydrogens (tertiary/aromatic N) is 2. The minimum atomic E-state index is -0.368. The number of thiophene rings is 1. The van der Waals surface area contributed by atoms with Crippen molar-refractivity contribution in [2.24, 2.45) is 0 Å². The van der Waals surface area contributed by atoms with E-state index in [4.69, 9.17) is 16.3 Å². The maximum atomic E-state index is 12.6. The first-order valence-electron chi connectivity index (χ1n) is 8.70. The van der Waals surface area contributed by atoms with Crippen LogP contribution in [0.15, 0.2) is 6.20 Å². The third kappa shape index (κ3) is 4.10. The van der Waals surface area contributed by atoms with E-state index in [2.05, 4.69) is 10.4 Å². The fourth-order valence-electron chi connectivity index (χ4n) is 3.03. The lowest BCUT2D eigenvalue weighted by molar-refractivity contribution is -0.116. The molecule has 2 aromatic heterocycles. The molecule has 3 rings (SSSR count). The van der Waals surface area contributed by atoms with Crippen molar-refractivity contribution in [1.29, 1.82) is 0 Å². The largest absolute Gasteiger partial charge is 0.459 e. The van der Waals surface area contributed by atoms with Crippen LogP contribution in [-0.4, -0.2) is 27.8 Å². The molecule has 1 N–H and O–H groups in total. The zero-order valence-corrected chi connectivity index (χ0v) is 16.7. The van der Waals surface area contributed by atoms with E-state index in [1.807, 2.05) is 13.8 Å². The molecular weight excluding hydrogens is 374 g/mol. The van der Waals surface area contributed by atoms with Crippen molar-refractivity contribution in [2.45, 2.75) is 59.1 Å². The van der Waals surface area contributed by atoms with E-state index in [9.17, 15) is 9.59 Å². The van der Waals surface area contributed by atoms with Crippen molar-refractivity contribution >= 4 is 39.8 Å². The summed E-state index contributed by atoms with van der Waals surface area (Å²) in [5.74, 6) is -0.617. The van der Waals surface area contributed by atoms with Gasteiger partial charge in [-0.1, -0.05) is 11.6 Å². The molecule has 0 aliphatic heterocycles. The standard InChI is InChI=1S/C18H22ClN3O3S/c1-10(2)25-18(24)16-12-6-4-5-7-14(12)26-17(16)20-15(23)9-22-8-13(19)11(3)21-22/h8,10H,4-7,9H2,1-3H3,(H,20,23). The molecule has 2 heterocycles. The zero-order chi connectivity index (χ0) is 18.8. The van der Waals surface area contributed by atoms with Crippen LogP contribution in [0.4, 0.5) is 5.00 Å². The van der Waals surface area contributed by atoms with Crippen LogP contribution in [0.5, 0.6) is 0 Å². The van der Waals surface area contributed by atoms with Crippen LogP contribution in [0.25, 0.3) is 0 Å². The number of halogens is 1. The van der Waals surface area contributed by atoms with Gasteiger partial charge in [-0.2, -0.15) is 5.10 Å². The number of hydrogen-bond acceptors (Lipinski definition) is 5. The fourth-order valence-corrected chi connectivity index (χ4v) is 4.47. The first-order valence-corrected chi connectivity index (χ1v) is 9.89. The molecule has 140 valence electrons. The summed E-state index contributed by atoms with van der Waals surface area (Å²) in [6.45, 7) is 5.45. The van der Waals surface area contributed by atoms with Crippen LogP contribution in [0.3, 0.4) is 0 Å². The Kier molecular flexibility index (Phi) is 5.67. The summed E-state index contributed by atoms with van der Waals surface area (Å²) in [6, 6.07) is 0. The van der Waals surface area contributed by atoms with Crippen molar-refractivity contribution in [3.8, 4) is 0 Å². The van der Waals surface area contributed by atoms with E-state index in [1.54, 1.807) is 13.1 Å². The summed E-state index contributed by atoms with van der Waals surface area (Å²) in [4.78, 5) is 26.2. The van der Waals surface area contributed by atoms with Gasteiger partial charge in [0, 0.05) is 11.1 Å². The Morgan fingerprint density at radius 2 is 2.12 bits per heavy atom. The molecule has 1 aliphatic carbocycles. The quantitative estimate of drug-likeness (QED) is 0.777. The number of anilines is 1. The zero-order valence-electron chi connectivity index (χ0n) is 15.1. The van der Waals surface area contributed by atoms with Gasteiger partial charge in [-0.15, -0.1) is 11.3 Å². The smallest absolute Gasteiger partial charge is 0.341 e. The van der Waals surface area contributed by atoms with E-state index in [-0.39, 0.29) is 24.5 Å². The monoisotopic (exact) mass is 395 g/mol. The number of rotatable bonds is 5. The topological polar surface area (TPSA) is 73.2 Å². The highest BCUT2D eigenvalue weighted by Gasteiger charge is 2.27. The lowest BCUT2D eigenvalue weighted by atomic mass is 9.95. The Balaban J connectivity index is 1.83. The molecule has 0 aromatic carbocycles. The highest BCUT2D eigenvalue weighted by Crippen LogP contribution is 2.38. The number of amides is 1. The van der Waals surface area contributed by atoms with E-state index in [0.717, 1.165) is 31.2 Å². The molecule has 0 atom stereocenters. The fraction of sp³-hybridized carbons (Fsp3) is 0.500. The van der Waals surface area contributed by atoms with Crippen LogP contribution in [0.1, 0.15) is 53.2 Å². The average Bonchev–Trinajstić information content (AvgIpc) is 3.05. The van der Waals surface area contributed by atoms with E-state index in [0.29, 0.717) is 21.3 Å². The van der Waals surface area contributed by atoms with Gasteiger partial charge in [-0.3, -0.25) is 9.48 Å². The van der Waals surface area contributed by atoms with Gasteiger partial charge in [-0.05, 0) is 52.0 Å². The van der Waals surface area contributed by atoms with Crippen molar-refractivity contribution in [3.63, 3.8) is 0 Å². The molecule has 0 bridgehead atoms. The van der Waals surface area contributed by atoms with Gasteiger partial charge in [0.05, 0.1) is 22.4 Å². The summed E-state index contributed by atoms with van der Waals surface area (Å²) in [6.07, 6.45) is 5.34. The second-order valence-electron chi connectivity index (χ2n) is 6.68. The number of hydrogen-bond donors (Lipinski definition) is 1. The molecule has 0 radical (unpaired) electrons. The Hall–Kier alpha value is -1.86. The highest BCUT2D eigenvalue weighted by atomic mass is 35.5. The van der Waals surface area contributed by atoms with E-state index in [1.165, 1.54) is 20.9 Å². The van der Waals surface area contributed by atoms with Crippen LogP contribution < -0.4 is 5.32 Å². The van der Waals surface area contributed by atoms with Crippen LogP contribution >= 0.6 is 22.9 Å². The second-order valence-corrected chi connectivity index (χ2v) is 8.19. The summed E-state index contributed by atoms with van der Waals surface area (Å²) in [5, 5.41) is 8.15. The Bertz CT molecular complexity index is 822. The third-order valence-electron chi connectivity index (χ3n) is 4.16. The minimum Gasteiger partial charge on any atom is -0.459 e. The van der Waals surface area contributed by atoms with Gasteiger partial charge in [0.1, 0.15) is 11.5 Å². The molecular formula is C18H22ClN3O3S. The number of aryl methyl sites for hydroxylation is 2. The number of aromatic nitrogens is 2. The number of ether oxygens (including phenoxy) is 1. The van der Waals surface area contributed by atoms with Crippen LogP contribution in [0.2, 0.25) is 5.02 Å². The summed E-state index contributed by atoms with van der Waals surface area (Å²) >= 11 is 7.46. The molecule has 8 heteroatoms. The van der Waals surface area contributed by atoms with E-state index >= 15 is 0 Å². The first-order chi connectivity index (χ1) is 12.3. The summed E-state index contributed by atoms with van der Waals surface area (Å²) in [7, 11) is 0. The maximum absolute atomic E-state index is 12.6. The maximum Gasteiger partial charge on any atom is 0.341 e. The van der Waals surface area contributed by atoms with Gasteiger partial charge in [-0.25, -0.2) is 4.79 Å². The van der Waals surface area contributed by atoms with Crippen molar-refractivity contribution in [3.05, 3.63) is 32.9 Å². The molecule has 0 fully saturated rings. The van der Waals surface area contributed by atoms with Crippen LogP contribution in [-0.2, 0) is 28.9 Å². The molecule has 1 amide bonds. The summed E-state index contributed by atoms with van der Waals surface area (Å²) < 4.78 is 6.89. The van der Waals surface area contributed by atoms with Gasteiger partial charge < -0.3 is 10.1 Å². The minimum absolute atomic E-state index is 0.0365. The SMILES string of the molecule is Cc1nn(CC(=O)Nc2sc3c(c2C(=O)OC(C)C)CCCC3)cc1Cl. The molecule has 26 heavy (non-hydrogen) atoms. The molecule has 0 saturated carbocycles. The first kappa shape index (κ1) is 18.9. The predicted molar refractivity (Wildman–Crippen MR) is 102 cm³/mol. The van der Waals surface area contributed by atoms with Gasteiger partial charge in [0.25, 0.3) is 0 Å². The molecule has 1 aliphatic rings. The lowest BCUT2D eigenvalue weighted by Crippen LogP contribution is -2.21. The summed E-state index contributed by atoms with van der Waals surface area (Å²) in [5.41, 5.74) is 2.22. The van der Waals surface area contributed by atoms with Crippen molar-refractivity contribution in [1.82, 2.24) is 9.78 Å². The number of fused-ring (bicyclic) bond motifs is 1. The van der Waals surface area contributed by atoms with Gasteiger partial charge in [0.2, 0.25) is 5.91 Å². The van der Waals surface area contributed by atoms with Crippen LogP contribution in [0, 0.1) is 6.92 Å². The van der Waals surface area contributed by atoms with Crippen molar-refractivity contribution < 1.29 is 14.3 Å². The van der Waals surface area contributed by atoms with Gasteiger partial charge >= 0.3 is 5.97 Å². The number of esters is 1. The molecule has 2 aromatic rings. The molecule has 0 unspecified atom stereocenters. The lowest BCUT2D eigenvalue weighted by Gasteiger charge is -2.14. The normalized spacial score (nSPS) is 13.6. The number of nitrogens with one attached hydrogen (secondary N) is 1. The third-order valence-corrected chi connectivity index (χ3v) is 5.74. The Morgan fingerprint density at radius 1 is 1.38 bits per heavy atom. The Morgan fingerprint density at radius 3 is 2.77 bits per heavy atom. The predicted octanol–water partition coefficient (Wildman–Crippen LogP) is 3.99. The number of carbonyl (C=O) groups is 2. The number of carbonyl (C=O) groups excluding carboxylic acids is 2. The average molecular weight is 396 g/mol. The Labute approximate surface area is 161 Å².